The summed E-state index contributed by atoms with van der Waals surface area (Å²) in [4.78, 5) is 39.4. The highest BCUT2D eigenvalue weighted by atomic mass is 32.2. The minimum atomic E-state index is -3.24. The third kappa shape index (κ3) is 4.72. The van der Waals surface area contributed by atoms with Gasteiger partial charge in [-0.15, -0.1) is 0 Å². The summed E-state index contributed by atoms with van der Waals surface area (Å²) in [6.07, 6.45) is 5.35. The van der Waals surface area contributed by atoms with Gasteiger partial charge in [0.2, 0.25) is 10.0 Å². The van der Waals surface area contributed by atoms with Crippen LogP contribution in [-0.2, 0) is 19.6 Å². The van der Waals surface area contributed by atoms with Crippen molar-refractivity contribution >= 4 is 27.9 Å². The van der Waals surface area contributed by atoms with E-state index in [0.29, 0.717) is 44.7 Å². The Labute approximate surface area is 172 Å². The van der Waals surface area contributed by atoms with Crippen molar-refractivity contribution in [2.45, 2.75) is 57.0 Å². The number of nitrogens with one attached hydrogen (secondary N) is 2. The van der Waals surface area contributed by atoms with Crippen LogP contribution in [0.25, 0.3) is 0 Å². The Morgan fingerprint density at radius 1 is 1.21 bits per heavy atom. The van der Waals surface area contributed by atoms with Gasteiger partial charge in [0.15, 0.2) is 0 Å². The average Bonchev–Trinajstić information content (AvgIpc) is 2.88. The zero-order valence-electron chi connectivity index (χ0n) is 17.3. The number of carbonyl (C=O) groups excluding carboxylic acids is 3. The van der Waals surface area contributed by atoms with E-state index in [1.165, 1.54) is 10.6 Å². The standard InChI is InChI=1S/C18H31N5O5S/c1-13-4-8-18(9-5-13)16(25)23(17(26)19-18)20-15(24)12-22-10-6-14(7-11-22)21(2)29(3,27)28/h13-14H,4-12H2,1-3H3,(H,19,26)(H,20,24). The van der Waals surface area contributed by atoms with E-state index >= 15 is 0 Å². The molecule has 0 aromatic rings. The van der Waals surface area contributed by atoms with Crippen molar-refractivity contribution in [2.24, 2.45) is 5.92 Å². The van der Waals surface area contributed by atoms with Crippen molar-refractivity contribution in [1.82, 2.24) is 25.0 Å². The Kier molecular flexibility index (Phi) is 6.21. The summed E-state index contributed by atoms with van der Waals surface area (Å²) in [7, 11) is -1.67. The number of sulfonamides is 1. The van der Waals surface area contributed by atoms with Crippen LogP contribution in [-0.4, -0.2) is 85.0 Å². The number of rotatable bonds is 5. The van der Waals surface area contributed by atoms with Gasteiger partial charge in [-0.25, -0.2) is 17.5 Å². The predicted octanol–water partition coefficient (Wildman–Crippen LogP) is -0.126. The maximum Gasteiger partial charge on any atom is 0.344 e. The highest BCUT2D eigenvalue weighted by molar-refractivity contribution is 7.88. The van der Waals surface area contributed by atoms with Gasteiger partial charge in [0.1, 0.15) is 5.54 Å². The molecule has 1 aliphatic carbocycles. The molecule has 29 heavy (non-hydrogen) atoms. The summed E-state index contributed by atoms with van der Waals surface area (Å²) in [5, 5.41) is 3.60. The Morgan fingerprint density at radius 3 is 2.34 bits per heavy atom. The zero-order chi connectivity index (χ0) is 21.4. The van der Waals surface area contributed by atoms with Crippen LogP contribution in [0, 0.1) is 5.92 Å². The second-order valence-electron chi connectivity index (χ2n) is 8.66. The molecule has 0 atom stereocenters. The lowest BCUT2D eigenvalue weighted by Crippen LogP contribution is -2.53. The quantitative estimate of drug-likeness (QED) is 0.588. The molecule has 1 spiro atoms. The van der Waals surface area contributed by atoms with Crippen molar-refractivity contribution in [2.75, 3.05) is 32.9 Å². The molecule has 0 aromatic heterocycles. The van der Waals surface area contributed by atoms with E-state index in [1.807, 2.05) is 4.90 Å². The summed E-state index contributed by atoms with van der Waals surface area (Å²) < 4.78 is 24.7. The molecule has 0 bridgehead atoms. The first-order chi connectivity index (χ1) is 13.5. The van der Waals surface area contributed by atoms with Crippen molar-refractivity contribution in [3.05, 3.63) is 0 Å². The number of carbonyl (C=O) groups is 3. The molecule has 0 aromatic carbocycles. The van der Waals surface area contributed by atoms with E-state index in [0.717, 1.165) is 17.9 Å². The molecule has 11 heteroatoms. The Morgan fingerprint density at radius 2 is 1.79 bits per heavy atom. The summed E-state index contributed by atoms with van der Waals surface area (Å²) in [5.41, 5.74) is 1.57. The topological polar surface area (TPSA) is 119 Å². The number of likely N-dealkylation sites (tertiary alicyclic amines) is 1. The van der Waals surface area contributed by atoms with Gasteiger partial charge in [0, 0.05) is 26.2 Å². The molecule has 2 aliphatic heterocycles. The fourth-order valence-corrected chi connectivity index (χ4v) is 5.14. The van der Waals surface area contributed by atoms with Crippen LogP contribution >= 0.6 is 0 Å². The molecular weight excluding hydrogens is 398 g/mol. The van der Waals surface area contributed by atoms with Crippen LogP contribution in [0.4, 0.5) is 4.79 Å². The van der Waals surface area contributed by atoms with Crippen molar-refractivity contribution < 1.29 is 22.8 Å². The van der Waals surface area contributed by atoms with Gasteiger partial charge in [-0.3, -0.25) is 19.9 Å². The number of piperidine rings is 1. The monoisotopic (exact) mass is 429 g/mol. The summed E-state index contributed by atoms with van der Waals surface area (Å²) in [6, 6.07) is -0.657. The van der Waals surface area contributed by atoms with Gasteiger partial charge in [0.05, 0.1) is 12.8 Å². The van der Waals surface area contributed by atoms with Crippen LogP contribution in [0.15, 0.2) is 0 Å². The first-order valence-electron chi connectivity index (χ1n) is 10.1. The number of hydrogen-bond acceptors (Lipinski definition) is 6. The number of hydrazine groups is 1. The lowest BCUT2D eigenvalue weighted by atomic mass is 9.77. The maximum absolute atomic E-state index is 12.8. The van der Waals surface area contributed by atoms with E-state index in [2.05, 4.69) is 17.7 Å². The second-order valence-corrected chi connectivity index (χ2v) is 10.7. The van der Waals surface area contributed by atoms with Gasteiger partial charge in [0.25, 0.3) is 11.8 Å². The first-order valence-corrected chi connectivity index (χ1v) is 12.0. The largest absolute Gasteiger partial charge is 0.344 e. The van der Waals surface area contributed by atoms with Gasteiger partial charge >= 0.3 is 6.03 Å². The Bertz CT molecular complexity index is 770. The Hall–Kier alpha value is -1.72. The molecule has 2 N–H and O–H groups in total. The molecule has 2 heterocycles. The lowest BCUT2D eigenvalue weighted by Gasteiger charge is -2.35. The summed E-state index contributed by atoms with van der Waals surface area (Å²) >= 11 is 0. The van der Waals surface area contributed by atoms with Gasteiger partial charge in [-0.05, 0) is 44.4 Å². The van der Waals surface area contributed by atoms with Crippen LogP contribution in [0.1, 0.15) is 45.4 Å². The van der Waals surface area contributed by atoms with E-state index in [4.69, 9.17) is 0 Å². The van der Waals surface area contributed by atoms with Crippen LogP contribution in [0.3, 0.4) is 0 Å². The predicted molar refractivity (Wildman–Crippen MR) is 106 cm³/mol. The van der Waals surface area contributed by atoms with Crippen LogP contribution in [0.2, 0.25) is 0 Å². The van der Waals surface area contributed by atoms with Crippen LogP contribution < -0.4 is 10.7 Å². The number of hydrogen-bond donors (Lipinski definition) is 2. The highest BCUT2D eigenvalue weighted by Crippen LogP contribution is 2.35. The average molecular weight is 430 g/mol. The normalized spacial score (nSPS) is 29.5. The number of urea groups is 1. The van der Waals surface area contributed by atoms with Crippen molar-refractivity contribution in [1.29, 1.82) is 0 Å². The molecule has 164 valence electrons. The van der Waals surface area contributed by atoms with Gasteiger partial charge in [-0.2, -0.15) is 5.01 Å². The van der Waals surface area contributed by atoms with E-state index in [9.17, 15) is 22.8 Å². The second kappa shape index (κ2) is 8.19. The minimum absolute atomic E-state index is 0.0520. The van der Waals surface area contributed by atoms with Crippen molar-refractivity contribution in [3.8, 4) is 0 Å². The molecule has 4 amide bonds. The summed E-state index contributed by atoms with van der Waals surface area (Å²) in [6.45, 7) is 3.32. The molecule has 3 rings (SSSR count). The molecule has 2 saturated heterocycles. The van der Waals surface area contributed by atoms with Gasteiger partial charge < -0.3 is 5.32 Å². The fraction of sp³-hybridized carbons (Fsp3) is 0.833. The molecule has 1 saturated carbocycles. The summed E-state index contributed by atoms with van der Waals surface area (Å²) in [5.74, 6) is -0.278. The lowest BCUT2D eigenvalue weighted by molar-refractivity contribution is -0.140. The first kappa shape index (κ1) is 22.0. The van der Waals surface area contributed by atoms with Crippen molar-refractivity contribution in [3.63, 3.8) is 0 Å². The number of amides is 4. The fourth-order valence-electron chi connectivity index (χ4n) is 4.39. The Balaban J connectivity index is 1.50. The van der Waals surface area contributed by atoms with Crippen LogP contribution in [0.5, 0.6) is 0 Å². The number of nitrogens with zero attached hydrogens (tertiary/aromatic N) is 3. The van der Waals surface area contributed by atoms with E-state index in [1.54, 1.807) is 7.05 Å². The third-order valence-corrected chi connectivity index (χ3v) is 7.83. The molecular formula is C18H31N5O5S. The third-order valence-electron chi connectivity index (χ3n) is 6.49. The molecule has 0 radical (unpaired) electrons. The molecule has 3 fully saturated rings. The zero-order valence-corrected chi connectivity index (χ0v) is 18.1. The molecule has 10 nitrogen and oxygen atoms in total. The van der Waals surface area contributed by atoms with E-state index in [-0.39, 0.29) is 18.5 Å². The molecule has 3 aliphatic rings. The maximum atomic E-state index is 12.8. The molecule has 0 unspecified atom stereocenters. The smallest absolute Gasteiger partial charge is 0.322 e. The number of imide groups is 1. The highest BCUT2D eigenvalue weighted by Gasteiger charge is 2.52. The SMILES string of the molecule is CC1CCC2(CC1)NC(=O)N(NC(=O)CN1CCC(N(C)S(C)(=O)=O)CC1)C2=O. The minimum Gasteiger partial charge on any atom is -0.322 e. The van der Waals surface area contributed by atoms with E-state index < -0.39 is 27.5 Å². The van der Waals surface area contributed by atoms with Gasteiger partial charge in [-0.1, -0.05) is 6.92 Å².